The number of halogens is 2. The van der Waals surface area contributed by atoms with Gasteiger partial charge in [0.05, 0.1) is 5.75 Å². The summed E-state index contributed by atoms with van der Waals surface area (Å²) in [6, 6.07) is 1.90. The molecule has 0 heterocycles. The van der Waals surface area contributed by atoms with E-state index in [9.17, 15) is 17.2 Å². The third kappa shape index (κ3) is 2.81. The standard InChI is InChI=1S/C11H13F2NO2S/c12-8-3-4-9(13)11(5-8)17(15,16)6-10(14)7-1-2-7/h3-5,7,10H,1-2,6,14H2. The van der Waals surface area contributed by atoms with Crippen molar-refractivity contribution < 1.29 is 17.2 Å². The van der Waals surface area contributed by atoms with E-state index in [1.54, 1.807) is 0 Å². The zero-order valence-electron chi connectivity index (χ0n) is 9.07. The summed E-state index contributed by atoms with van der Waals surface area (Å²) in [5.74, 6) is -1.85. The van der Waals surface area contributed by atoms with Gasteiger partial charge in [-0.2, -0.15) is 0 Å². The van der Waals surface area contributed by atoms with E-state index >= 15 is 0 Å². The molecule has 0 aromatic heterocycles. The average molecular weight is 261 g/mol. The molecule has 17 heavy (non-hydrogen) atoms. The Hall–Kier alpha value is -1.01. The van der Waals surface area contributed by atoms with Crippen LogP contribution in [0.3, 0.4) is 0 Å². The van der Waals surface area contributed by atoms with E-state index in [4.69, 9.17) is 5.73 Å². The summed E-state index contributed by atoms with van der Waals surface area (Å²) in [5.41, 5.74) is 5.70. The maximum Gasteiger partial charge on any atom is 0.182 e. The minimum atomic E-state index is -3.86. The zero-order valence-corrected chi connectivity index (χ0v) is 9.88. The first kappa shape index (κ1) is 12.4. The quantitative estimate of drug-likeness (QED) is 0.893. The van der Waals surface area contributed by atoms with Gasteiger partial charge in [-0.25, -0.2) is 17.2 Å². The van der Waals surface area contributed by atoms with Crippen molar-refractivity contribution in [1.82, 2.24) is 0 Å². The van der Waals surface area contributed by atoms with E-state index in [0.717, 1.165) is 25.0 Å². The molecule has 1 aromatic rings. The van der Waals surface area contributed by atoms with Crippen molar-refractivity contribution in [1.29, 1.82) is 0 Å². The molecule has 0 aliphatic heterocycles. The van der Waals surface area contributed by atoms with Gasteiger partial charge in [0, 0.05) is 6.04 Å². The van der Waals surface area contributed by atoms with Crippen molar-refractivity contribution in [2.45, 2.75) is 23.8 Å². The van der Waals surface area contributed by atoms with Crippen molar-refractivity contribution in [2.24, 2.45) is 11.7 Å². The lowest BCUT2D eigenvalue weighted by atomic mass is 10.2. The monoisotopic (exact) mass is 261 g/mol. The highest BCUT2D eigenvalue weighted by Gasteiger charge is 2.33. The topological polar surface area (TPSA) is 60.2 Å². The second-order valence-electron chi connectivity index (χ2n) is 4.36. The smallest absolute Gasteiger partial charge is 0.182 e. The van der Waals surface area contributed by atoms with Crippen molar-refractivity contribution >= 4 is 9.84 Å². The predicted molar refractivity (Wildman–Crippen MR) is 59.1 cm³/mol. The summed E-state index contributed by atoms with van der Waals surface area (Å²) in [4.78, 5) is -0.603. The molecule has 0 amide bonds. The molecule has 0 bridgehead atoms. The van der Waals surface area contributed by atoms with E-state index in [0.29, 0.717) is 6.07 Å². The first-order valence-electron chi connectivity index (χ1n) is 5.33. The van der Waals surface area contributed by atoms with Gasteiger partial charge in [-0.05, 0) is 37.0 Å². The largest absolute Gasteiger partial charge is 0.327 e. The first-order chi connectivity index (χ1) is 7.90. The molecule has 0 spiro atoms. The van der Waals surface area contributed by atoms with Gasteiger partial charge in [-0.1, -0.05) is 0 Å². The van der Waals surface area contributed by atoms with Crippen LogP contribution in [0.4, 0.5) is 8.78 Å². The Morgan fingerprint density at radius 1 is 1.35 bits per heavy atom. The van der Waals surface area contributed by atoms with Gasteiger partial charge in [-0.3, -0.25) is 0 Å². The molecule has 2 N–H and O–H groups in total. The van der Waals surface area contributed by atoms with Crippen molar-refractivity contribution in [3.8, 4) is 0 Å². The van der Waals surface area contributed by atoms with Gasteiger partial charge in [0.15, 0.2) is 9.84 Å². The van der Waals surface area contributed by atoms with Crippen LogP contribution in [-0.2, 0) is 9.84 Å². The second kappa shape index (κ2) is 4.34. The zero-order chi connectivity index (χ0) is 12.6. The highest BCUT2D eigenvalue weighted by molar-refractivity contribution is 7.91. The number of hydrogen-bond donors (Lipinski definition) is 1. The van der Waals surface area contributed by atoms with E-state index in [-0.39, 0.29) is 11.7 Å². The Labute approximate surface area is 98.5 Å². The van der Waals surface area contributed by atoms with Crippen LogP contribution in [0.15, 0.2) is 23.1 Å². The fourth-order valence-electron chi connectivity index (χ4n) is 1.72. The molecule has 1 unspecified atom stereocenters. The third-order valence-electron chi connectivity index (χ3n) is 2.87. The van der Waals surface area contributed by atoms with Gasteiger partial charge < -0.3 is 5.73 Å². The molecule has 1 fully saturated rings. The maximum atomic E-state index is 13.3. The molecule has 1 atom stereocenters. The predicted octanol–water partition coefficient (Wildman–Crippen LogP) is 1.48. The molecule has 3 nitrogen and oxygen atoms in total. The van der Waals surface area contributed by atoms with Crippen LogP contribution < -0.4 is 5.73 Å². The Morgan fingerprint density at radius 2 is 2.00 bits per heavy atom. The normalized spacial score (nSPS) is 18.1. The summed E-state index contributed by atoms with van der Waals surface area (Å²) >= 11 is 0. The number of hydrogen-bond acceptors (Lipinski definition) is 3. The number of sulfone groups is 1. The fourth-order valence-corrected chi connectivity index (χ4v) is 3.33. The minimum Gasteiger partial charge on any atom is -0.327 e. The molecule has 1 aromatic carbocycles. The van der Waals surface area contributed by atoms with Crippen LogP contribution in [0.25, 0.3) is 0 Å². The van der Waals surface area contributed by atoms with Gasteiger partial charge in [0.2, 0.25) is 0 Å². The van der Waals surface area contributed by atoms with Gasteiger partial charge in [0.1, 0.15) is 16.5 Å². The van der Waals surface area contributed by atoms with E-state index < -0.39 is 32.4 Å². The SMILES string of the molecule is NC(CS(=O)(=O)c1cc(F)ccc1F)C1CC1. The van der Waals surface area contributed by atoms with Crippen LogP contribution >= 0.6 is 0 Å². The van der Waals surface area contributed by atoms with Crippen LogP contribution in [0.2, 0.25) is 0 Å². The Balaban J connectivity index is 2.27. The number of benzene rings is 1. The molecule has 6 heteroatoms. The van der Waals surface area contributed by atoms with Crippen LogP contribution in [-0.4, -0.2) is 20.2 Å². The molecule has 0 radical (unpaired) electrons. The van der Waals surface area contributed by atoms with Crippen LogP contribution in [0, 0.1) is 17.6 Å². The molecular formula is C11H13F2NO2S. The maximum absolute atomic E-state index is 13.3. The second-order valence-corrected chi connectivity index (χ2v) is 6.36. The summed E-state index contributed by atoms with van der Waals surface area (Å²) in [7, 11) is -3.86. The Morgan fingerprint density at radius 3 is 2.59 bits per heavy atom. The summed E-state index contributed by atoms with van der Waals surface area (Å²) in [5, 5.41) is 0. The molecule has 1 saturated carbocycles. The highest BCUT2D eigenvalue weighted by Crippen LogP contribution is 2.33. The third-order valence-corrected chi connectivity index (χ3v) is 4.67. The molecule has 1 aliphatic rings. The van der Waals surface area contributed by atoms with Gasteiger partial charge in [0.25, 0.3) is 0 Å². The van der Waals surface area contributed by atoms with Crippen LogP contribution in [0.5, 0.6) is 0 Å². The lowest BCUT2D eigenvalue weighted by molar-refractivity contribution is 0.544. The fraction of sp³-hybridized carbons (Fsp3) is 0.455. The Bertz CT molecular complexity index is 526. The Kier molecular flexibility index (Phi) is 3.18. The molecular weight excluding hydrogens is 248 g/mol. The highest BCUT2D eigenvalue weighted by atomic mass is 32.2. The lowest BCUT2D eigenvalue weighted by Crippen LogP contribution is -2.32. The summed E-state index contributed by atoms with van der Waals surface area (Å²) in [6.45, 7) is 0. The van der Waals surface area contributed by atoms with Gasteiger partial charge >= 0.3 is 0 Å². The summed E-state index contributed by atoms with van der Waals surface area (Å²) in [6.07, 6.45) is 1.81. The van der Waals surface area contributed by atoms with Crippen molar-refractivity contribution in [3.63, 3.8) is 0 Å². The molecule has 1 aliphatic carbocycles. The molecule has 0 saturated heterocycles. The van der Waals surface area contributed by atoms with Crippen LogP contribution in [0.1, 0.15) is 12.8 Å². The molecule has 2 rings (SSSR count). The van der Waals surface area contributed by atoms with Crippen molar-refractivity contribution in [2.75, 3.05) is 5.75 Å². The summed E-state index contributed by atoms with van der Waals surface area (Å²) < 4.78 is 50.0. The minimum absolute atomic E-state index is 0.196. The number of rotatable bonds is 4. The van der Waals surface area contributed by atoms with Gasteiger partial charge in [-0.15, -0.1) is 0 Å². The first-order valence-corrected chi connectivity index (χ1v) is 6.99. The average Bonchev–Trinajstić information content (AvgIpc) is 3.04. The lowest BCUT2D eigenvalue weighted by Gasteiger charge is -2.11. The molecule has 94 valence electrons. The van der Waals surface area contributed by atoms with Crippen molar-refractivity contribution in [3.05, 3.63) is 29.8 Å². The number of nitrogens with two attached hydrogens (primary N) is 1. The van der Waals surface area contributed by atoms with E-state index in [2.05, 4.69) is 0 Å². The van der Waals surface area contributed by atoms with E-state index in [1.165, 1.54) is 0 Å². The van der Waals surface area contributed by atoms with E-state index in [1.807, 2.05) is 0 Å².